The van der Waals surface area contributed by atoms with Gasteiger partial charge in [-0.1, -0.05) is 13.0 Å². The number of rotatable bonds is 2. The SMILES string of the molecule is CC1(/C=C(\C#N)C=O)COC1. The predicted molar refractivity (Wildman–Crippen MR) is 38.7 cm³/mol. The molecule has 0 spiro atoms. The molecule has 1 saturated heterocycles. The third-order valence-corrected chi connectivity index (χ3v) is 1.62. The molecule has 1 aliphatic heterocycles. The quantitative estimate of drug-likeness (QED) is 0.331. The highest BCUT2D eigenvalue weighted by Crippen LogP contribution is 2.28. The minimum Gasteiger partial charge on any atom is -0.379 e. The summed E-state index contributed by atoms with van der Waals surface area (Å²) in [5.74, 6) is 0. The summed E-state index contributed by atoms with van der Waals surface area (Å²) in [6.45, 7) is 3.16. The molecule has 3 heteroatoms. The topological polar surface area (TPSA) is 50.1 Å². The minimum absolute atomic E-state index is 0.0913. The van der Waals surface area contributed by atoms with Crippen molar-refractivity contribution in [3.05, 3.63) is 11.6 Å². The van der Waals surface area contributed by atoms with Crippen LogP contribution in [0, 0.1) is 16.7 Å². The summed E-state index contributed by atoms with van der Waals surface area (Å²) < 4.78 is 4.96. The van der Waals surface area contributed by atoms with Crippen LogP contribution >= 0.6 is 0 Å². The van der Waals surface area contributed by atoms with Crippen molar-refractivity contribution >= 4 is 6.29 Å². The molecule has 0 atom stereocenters. The number of carbonyl (C=O) groups is 1. The van der Waals surface area contributed by atoms with Crippen LogP contribution in [0.1, 0.15) is 6.92 Å². The van der Waals surface area contributed by atoms with E-state index in [1.54, 1.807) is 6.08 Å². The lowest BCUT2D eigenvalue weighted by Gasteiger charge is -2.35. The second-order valence-electron chi connectivity index (χ2n) is 2.98. The molecule has 0 saturated carbocycles. The fourth-order valence-corrected chi connectivity index (χ4v) is 0.975. The van der Waals surface area contributed by atoms with Crippen LogP contribution in [-0.2, 0) is 9.53 Å². The molecular formula is C8H9NO2. The fraction of sp³-hybridized carbons (Fsp3) is 0.500. The van der Waals surface area contributed by atoms with E-state index in [9.17, 15) is 4.79 Å². The Kier molecular flexibility index (Phi) is 2.06. The molecule has 0 aromatic heterocycles. The van der Waals surface area contributed by atoms with Crippen LogP contribution in [0.5, 0.6) is 0 Å². The van der Waals surface area contributed by atoms with E-state index >= 15 is 0 Å². The summed E-state index contributed by atoms with van der Waals surface area (Å²) in [6.07, 6.45) is 2.24. The Balaban J connectivity index is 2.70. The lowest BCUT2D eigenvalue weighted by molar-refractivity contribution is -0.105. The number of nitriles is 1. The standard InChI is InChI=1S/C8H9NO2/c1-8(5-11-6-8)2-7(3-9)4-10/h2,4H,5-6H2,1H3/b7-2+. The zero-order valence-electron chi connectivity index (χ0n) is 6.33. The van der Waals surface area contributed by atoms with Crippen LogP contribution in [0.25, 0.3) is 0 Å². The maximum Gasteiger partial charge on any atom is 0.160 e. The van der Waals surface area contributed by atoms with Gasteiger partial charge in [-0.05, 0) is 0 Å². The van der Waals surface area contributed by atoms with Crippen molar-refractivity contribution in [2.75, 3.05) is 13.2 Å². The highest BCUT2D eigenvalue weighted by atomic mass is 16.5. The number of carbonyl (C=O) groups excluding carboxylic acids is 1. The predicted octanol–water partition coefficient (Wildman–Crippen LogP) is 0.672. The Morgan fingerprint density at radius 3 is 2.64 bits per heavy atom. The molecule has 0 aromatic rings. The van der Waals surface area contributed by atoms with E-state index in [4.69, 9.17) is 10.00 Å². The molecule has 0 aromatic carbocycles. The first-order valence-corrected chi connectivity index (χ1v) is 3.36. The van der Waals surface area contributed by atoms with Gasteiger partial charge in [-0.3, -0.25) is 4.79 Å². The molecule has 0 N–H and O–H groups in total. The Morgan fingerprint density at radius 2 is 2.36 bits per heavy atom. The highest BCUT2D eigenvalue weighted by Gasteiger charge is 2.31. The molecule has 0 radical (unpaired) electrons. The Morgan fingerprint density at radius 1 is 1.73 bits per heavy atom. The monoisotopic (exact) mass is 151 g/mol. The third-order valence-electron chi connectivity index (χ3n) is 1.62. The van der Waals surface area contributed by atoms with Crippen molar-refractivity contribution in [2.45, 2.75) is 6.92 Å². The first-order valence-electron chi connectivity index (χ1n) is 3.36. The van der Waals surface area contributed by atoms with E-state index in [-0.39, 0.29) is 11.0 Å². The number of ether oxygens (including phenoxy) is 1. The van der Waals surface area contributed by atoms with Gasteiger partial charge in [0, 0.05) is 5.41 Å². The van der Waals surface area contributed by atoms with Crippen LogP contribution in [0.2, 0.25) is 0 Å². The van der Waals surface area contributed by atoms with E-state index in [1.165, 1.54) is 0 Å². The Hall–Kier alpha value is -1.14. The van der Waals surface area contributed by atoms with Gasteiger partial charge >= 0.3 is 0 Å². The van der Waals surface area contributed by atoms with Gasteiger partial charge in [-0.15, -0.1) is 0 Å². The third kappa shape index (κ3) is 1.66. The van der Waals surface area contributed by atoms with Gasteiger partial charge < -0.3 is 4.74 Å². The van der Waals surface area contributed by atoms with E-state index in [0.717, 1.165) is 0 Å². The van der Waals surface area contributed by atoms with Gasteiger partial charge in [-0.25, -0.2) is 0 Å². The largest absolute Gasteiger partial charge is 0.379 e. The zero-order chi connectivity index (χ0) is 8.32. The fourth-order valence-electron chi connectivity index (χ4n) is 0.975. The van der Waals surface area contributed by atoms with E-state index in [2.05, 4.69) is 0 Å². The summed E-state index contributed by atoms with van der Waals surface area (Å²) in [7, 11) is 0. The molecule has 1 rings (SSSR count). The smallest absolute Gasteiger partial charge is 0.160 e. The van der Waals surface area contributed by atoms with E-state index < -0.39 is 0 Å². The summed E-state index contributed by atoms with van der Waals surface area (Å²) >= 11 is 0. The van der Waals surface area contributed by atoms with Crippen LogP contribution < -0.4 is 0 Å². The number of hydrogen-bond donors (Lipinski definition) is 0. The van der Waals surface area contributed by atoms with Gasteiger partial charge in [0.05, 0.1) is 18.8 Å². The van der Waals surface area contributed by atoms with Crippen molar-refractivity contribution < 1.29 is 9.53 Å². The molecule has 0 unspecified atom stereocenters. The average molecular weight is 151 g/mol. The number of nitrogens with zero attached hydrogens (tertiary/aromatic N) is 1. The lowest BCUT2D eigenvalue weighted by atomic mass is 9.87. The van der Waals surface area contributed by atoms with Crippen LogP contribution in [-0.4, -0.2) is 19.5 Å². The normalized spacial score (nSPS) is 21.6. The first-order chi connectivity index (χ1) is 5.20. The van der Waals surface area contributed by atoms with Crippen molar-refractivity contribution in [3.8, 4) is 6.07 Å². The summed E-state index contributed by atoms with van der Waals surface area (Å²) in [6, 6.07) is 1.81. The maximum atomic E-state index is 10.2. The molecule has 0 aliphatic carbocycles. The van der Waals surface area contributed by atoms with E-state index in [1.807, 2.05) is 13.0 Å². The Bertz CT molecular complexity index is 233. The molecule has 11 heavy (non-hydrogen) atoms. The maximum absolute atomic E-state index is 10.2. The second kappa shape index (κ2) is 2.85. The van der Waals surface area contributed by atoms with Gasteiger partial charge in [-0.2, -0.15) is 5.26 Å². The number of allylic oxidation sites excluding steroid dienone is 1. The first kappa shape index (κ1) is 7.96. The summed E-state index contributed by atoms with van der Waals surface area (Å²) in [5, 5.41) is 8.42. The van der Waals surface area contributed by atoms with Gasteiger partial charge in [0.15, 0.2) is 6.29 Å². The molecule has 58 valence electrons. The molecule has 0 bridgehead atoms. The molecule has 1 fully saturated rings. The molecular weight excluding hydrogens is 142 g/mol. The molecule has 1 heterocycles. The van der Waals surface area contributed by atoms with Gasteiger partial charge in [0.25, 0.3) is 0 Å². The summed E-state index contributed by atoms with van der Waals surface area (Å²) in [4.78, 5) is 10.2. The average Bonchev–Trinajstić information content (AvgIpc) is 1.97. The lowest BCUT2D eigenvalue weighted by Crippen LogP contribution is -2.38. The molecule has 0 amide bonds. The van der Waals surface area contributed by atoms with Crippen molar-refractivity contribution in [1.29, 1.82) is 5.26 Å². The molecule has 3 nitrogen and oxygen atoms in total. The highest BCUT2D eigenvalue weighted by molar-refractivity contribution is 5.79. The Labute approximate surface area is 65.3 Å². The van der Waals surface area contributed by atoms with Gasteiger partial charge in [0.2, 0.25) is 0 Å². The van der Waals surface area contributed by atoms with Crippen LogP contribution in [0.4, 0.5) is 0 Å². The van der Waals surface area contributed by atoms with Crippen molar-refractivity contribution in [2.24, 2.45) is 5.41 Å². The molecule has 1 aliphatic rings. The van der Waals surface area contributed by atoms with E-state index in [0.29, 0.717) is 19.5 Å². The van der Waals surface area contributed by atoms with Crippen molar-refractivity contribution in [1.82, 2.24) is 0 Å². The summed E-state index contributed by atoms with van der Waals surface area (Å²) in [5.41, 5.74) is 0.0993. The minimum atomic E-state index is -0.0913. The second-order valence-corrected chi connectivity index (χ2v) is 2.98. The van der Waals surface area contributed by atoms with Crippen molar-refractivity contribution in [3.63, 3.8) is 0 Å². The number of hydrogen-bond acceptors (Lipinski definition) is 3. The van der Waals surface area contributed by atoms with Crippen LogP contribution in [0.3, 0.4) is 0 Å². The van der Waals surface area contributed by atoms with Crippen LogP contribution in [0.15, 0.2) is 11.6 Å². The zero-order valence-corrected chi connectivity index (χ0v) is 6.33. The van der Waals surface area contributed by atoms with Gasteiger partial charge in [0.1, 0.15) is 6.07 Å². The number of aldehydes is 1.